The van der Waals surface area contributed by atoms with Crippen molar-refractivity contribution in [2.45, 2.75) is 26.2 Å². The summed E-state index contributed by atoms with van der Waals surface area (Å²) < 4.78 is 0.968. The molecular weight excluding hydrogens is 340 g/mol. The molecule has 0 bridgehead atoms. The third kappa shape index (κ3) is 3.82. The van der Waals surface area contributed by atoms with Crippen molar-refractivity contribution in [3.05, 3.63) is 20.8 Å². The lowest BCUT2D eigenvalue weighted by Crippen LogP contribution is -2.37. The number of carbonyl (C=O) groups is 2. The van der Waals surface area contributed by atoms with E-state index in [9.17, 15) is 9.59 Å². The van der Waals surface area contributed by atoms with Gasteiger partial charge in [-0.25, -0.2) is 0 Å². The number of hydrogen-bond acceptors (Lipinski definition) is 3. The van der Waals surface area contributed by atoms with Gasteiger partial charge in [0.2, 0.25) is 5.91 Å². The second-order valence-electron chi connectivity index (χ2n) is 4.88. The molecule has 0 aliphatic carbocycles. The molecule has 0 N–H and O–H groups in total. The highest BCUT2D eigenvalue weighted by molar-refractivity contribution is 9.11. The summed E-state index contributed by atoms with van der Waals surface area (Å²) in [5.74, 6) is 0.283. The van der Waals surface area contributed by atoms with Crippen LogP contribution in [0.4, 0.5) is 0 Å². The predicted molar refractivity (Wildman–Crippen MR) is 84.0 cm³/mol. The van der Waals surface area contributed by atoms with Crippen molar-refractivity contribution < 1.29 is 9.59 Å². The molecule has 1 aromatic heterocycles. The molecule has 0 unspecified atom stereocenters. The van der Waals surface area contributed by atoms with Gasteiger partial charge in [0.25, 0.3) is 5.91 Å². The monoisotopic (exact) mass is 358 g/mol. The molecule has 0 radical (unpaired) electrons. The number of amides is 2. The van der Waals surface area contributed by atoms with Gasteiger partial charge >= 0.3 is 0 Å². The molecule has 0 atom stereocenters. The maximum absolute atomic E-state index is 12.4. The lowest BCUT2D eigenvalue weighted by Gasteiger charge is -2.21. The summed E-state index contributed by atoms with van der Waals surface area (Å²) in [6, 6.07) is 3.74. The highest BCUT2D eigenvalue weighted by Gasteiger charge is 2.23. The normalized spacial score (nSPS) is 16.1. The highest BCUT2D eigenvalue weighted by Crippen LogP contribution is 2.23. The van der Waals surface area contributed by atoms with Gasteiger partial charge in [-0.05, 0) is 40.9 Å². The Balaban J connectivity index is 1.95. The fourth-order valence-corrected chi connectivity index (χ4v) is 3.68. The number of nitrogens with zero attached hydrogens (tertiary/aromatic N) is 2. The zero-order valence-corrected chi connectivity index (χ0v) is 14.0. The van der Waals surface area contributed by atoms with Crippen molar-refractivity contribution in [3.8, 4) is 0 Å². The topological polar surface area (TPSA) is 40.6 Å². The van der Waals surface area contributed by atoms with Crippen molar-refractivity contribution in [1.82, 2.24) is 9.80 Å². The predicted octanol–water partition coefficient (Wildman–Crippen LogP) is 2.99. The number of carbonyl (C=O) groups excluding carboxylic acids is 2. The number of hydrogen-bond donors (Lipinski definition) is 0. The largest absolute Gasteiger partial charge is 0.341 e. The maximum atomic E-state index is 12.4. The van der Waals surface area contributed by atoms with Gasteiger partial charge in [-0.1, -0.05) is 6.92 Å². The molecule has 2 rings (SSSR count). The highest BCUT2D eigenvalue weighted by atomic mass is 79.9. The third-order valence-corrected chi connectivity index (χ3v) is 5.00. The van der Waals surface area contributed by atoms with Crippen LogP contribution in [0.1, 0.15) is 35.9 Å². The SMILES string of the molecule is CCCC(=O)N1CCCN(C(=O)c2ccc(Br)s2)CC1. The summed E-state index contributed by atoms with van der Waals surface area (Å²) >= 11 is 4.84. The summed E-state index contributed by atoms with van der Waals surface area (Å²) in [7, 11) is 0. The van der Waals surface area contributed by atoms with Crippen LogP contribution in [0.2, 0.25) is 0 Å². The molecule has 1 saturated heterocycles. The van der Waals surface area contributed by atoms with E-state index < -0.39 is 0 Å². The first-order valence-corrected chi connectivity index (χ1v) is 8.55. The Hall–Kier alpha value is -0.880. The van der Waals surface area contributed by atoms with E-state index in [0.29, 0.717) is 19.5 Å². The first kappa shape index (κ1) is 15.5. The van der Waals surface area contributed by atoms with Crippen LogP contribution < -0.4 is 0 Å². The van der Waals surface area contributed by atoms with Crippen molar-refractivity contribution >= 4 is 39.1 Å². The van der Waals surface area contributed by atoms with Crippen LogP contribution >= 0.6 is 27.3 Å². The summed E-state index contributed by atoms with van der Waals surface area (Å²) in [6.45, 7) is 4.78. The molecule has 1 aliphatic heterocycles. The number of rotatable bonds is 3. The molecule has 2 heterocycles. The molecule has 1 fully saturated rings. The fourth-order valence-electron chi connectivity index (χ4n) is 2.33. The molecule has 2 amide bonds. The van der Waals surface area contributed by atoms with Gasteiger partial charge < -0.3 is 9.80 Å². The standard InChI is InChI=1S/C14H19BrN2O2S/c1-2-4-13(18)16-7-3-8-17(10-9-16)14(19)11-5-6-12(15)20-11/h5-6H,2-4,7-10H2,1H3. The Bertz CT molecular complexity index is 489. The van der Waals surface area contributed by atoms with E-state index >= 15 is 0 Å². The summed E-state index contributed by atoms with van der Waals surface area (Å²) in [6.07, 6.45) is 2.33. The van der Waals surface area contributed by atoms with Crippen molar-refractivity contribution in [2.24, 2.45) is 0 Å². The van der Waals surface area contributed by atoms with E-state index in [1.807, 2.05) is 28.9 Å². The van der Waals surface area contributed by atoms with E-state index in [-0.39, 0.29) is 11.8 Å². The minimum absolute atomic E-state index is 0.0745. The van der Waals surface area contributed by atoms with Crippen LogP contribution in [0.3, 0.4) is 0 Å². The molecule has 0 spiro atoms. The van der Waals surface area contributed by atoms with E-state index in [0.717, 1.165) is 34.6 Å². The number of halogens is 1. The van der Waals surface area contributed by atoms with Crippen LogP contribution in [0.25, 0.3) is 0 Å². The van der Waals surface area contributed by atoms with Crippen LogP contribution in [0.5, 0.6) is 0 Å². The van der Waals surface area contributed by atoms with E-state index in [1.165, 1.54) is 11.3 Å². The summed E-state index contributed by atoms with van der Waals surface area (Å²) in [4.78, 5) is 28.8. The van der Waals surface area contributed by atoms with Gasteiger partial charge in [-0.3, -0.25) is 9.59 Å². The lowest BCUT2D eigenvalue weighted by molar-refractivity contribution is -0.131. The third-order valence-electron chi connectivity index (χ3n) is 3.38. The smallest absolute Gasteiger partial charge is 0.264 e. The second kappa shape index (κ2) is 7.22. The molecule has 1 aliphatic rings. The van der Waals surface area contributed by atoms with E-state index in [4.69, 9.17) is 0 Å². The van der Waals surface area contributed by atoms with Crippen LogP contribution in [-0.4, -0.2) is 47.8 Å². The molecule has 20 heavy (non-hydrogen) atoms. The minimum Gasteiger partial charge on any atom is -0.341 e. The minimum atomic E-state index is 0.0745. The van der Waals surface area contributed by atoms with Crippen molar-refractivity contribution in [1.29, 1.82) is 0 Å². The van der Waals surface area contributed by atoms with Gasteiger partial charge in [0, 0.05) is 32.6 Å². The maximum Gasteiger partial charge on any atom is 0.264 e. The molecule has 4 nitrogen and oxygen atoms in total. The van der Waals surface area contributed by atoms with Crippen LogP contribution in [0.15, 0.2) is 15.9 Å². The Morgan fingerprint density at radius 3 is 2.55 bits per heavy atom. The van der Waals surface area contributed by atoms with Crippen LogP contribution in [-0.2, 0) is 4.79 Å². The van der Waals surface area contributed by atoms with Gasteiger partial charge in [-0.15, -0.1) is 11.3 Å². The first-order chi connectivity index (χ1) is 9.61. The Morgan fingerprint density at radius 1 is 1.20 bits per heavy atom. The zero-order valence-electron chi connectivity index (χ0n) is 11.6. The fraction of sp³-hybridized carbons (Fsp3) is 0.571. The number of thiophene rings is 1. The Labute approximate surface area is 131 Å². The molecule has 110 valence electrons. The molecular formula is C14H19BrN2O2S. The Kier molecular flexibility index (Phi) is 5.60. The van der Waals surface area contributed by atoms with Crippen LogP contribution in [0, 0.1) is 0 Å². The molecule has 0 aromatic carbocycles. The average Bonchev–Trinajstić information content (AvgIpc) is 2.72. The van der Waals surface area contributed by atoms with Gasteiger partial charge in [-0.2, -0.15) is 0 Å². The quantitative estimate of drug-likeness (QED) is 0.833. The Morgan fingerprint density at radius 2 is 1.90 bits per heavy atom. The molecule has 1 aromatic rings. The summed E-state index contributed by atoms with van der Waals surface area (Å²) in [5.41, 5.74) is 0. The van der Waals surface area contributed by atoms with Gasteiger partial charge in [0.15, 0.2) is 0 Å². The van der Waals surface area contributed by atoms with Crippen molar-refractivity contribution in [3.63, 3.8) is 0 Å². The first-order valence-electron chi connectivity index (χ1n) is 6.94. The van der Waals surface area contributed by atoms with E-state index in [2.05, 4.69) is 15.9 Å². The summed E-state index contributed by atoms with van der Waals surface area (Å²) in [5, 5.41) is 0. The zero-order chi connectivity index (χ0) is 14.5. The van der Waals surface area contributed by atoms with Gasteiger partial charge in [0.05, 0.1) is 8.66 Å². The second-order valence-corrected chi connectivity index (χ2v) is 7.34. The van der Waals surface area contributed by atoms with E-state index in [1.54, 1.807) is 0 Å². The molecule has 0 saturated carbocycles. The lowest BCUT2D eigenvalue weighted by atomic mass is 10.3. The average molecular weight is 359 g/mol. The van der Waals surface area contributed by atoms with Gasteiger partial charge in [0.1, 0.15) is 0 Å². The molecule has 6 heteroatoms. The van der Waals surface area contributed by atoms with Crippen molar-refractivity contribution in [2.75, 3.05) is 26.2 Å².